The van der Waals surface area contributed by atoms with Crippen LogP contribution in [0.3, 0.4) is 0 Å². The average molecular weight is 362 g/mol. The monoisotopic (exact) mass is 361 g/mol. The first-order valence-corrected chi connectivity index (χ1v) is 7.78. The first kappa shape index (κ1) is 18.9. The summed E-state index contributed by atoms with van der Waals surface area (Å²) in [6.07, 6.45) is 0.560. The van der Waals surface area contributed by atoms with Crippen molar-refractivity contribution in [3.8, 4) is 0 Å². The molecule has 6 nitrogen and oxygen atoms in total. The predicted molar refractivity (Wildman–Crippen MR) is 95.3 cm³/mol. The molecule has 0 unspecified atom stereocenters. The van der Waals surface area contributed by atoms with Crippen LogP contribution in [-0.2, 0) is 22.6 Å². The van der Waals surface area contributed by atoms with Crippen molar-refractivity contribution in [3.63, 3.8) is 0 Å². The van der Waals surface area contributed by atoms with Crippen LogP contribution in [0.25, 0.3) is 0 Å². The number of carbonyl (C=O) groups is 2. The number of hydrogen-bond donors (Lipinski definition) is 4. The lowest BCUT2D eigenvalue weighted by atomic mass is 9.95. The first-order chi connectivity index (χ1) is 11.7. The molecule has 4 N–H and O–H groups in total. The quantitative estimate of drug-likeness (QED) is 0.490. The molecule has 132 valence electrons. The summed E-state index contributed by atoms with van der Waals surface area (Å²) >= 11 is 0. The van der Waals surface area contributed by atoms with E-state index in [2.05, 4.69) is 10.6 Å². The molecule has 1 aliphatic heterocycles. The van der Waals surface area contributed by atoms with Crippen LogP contribution in [0.1, 0.15) is 22.7 Å². The fourth-order valence-electron chi connectivity index (χ4n) is 2.89. The Morgan fingerprint density at radius 1 is 1.04 bits per heavy atom. The van der Waals surface area contributed by atoms with Crippen molar-refractivity contribution in [1.29, 1.82) is 0 Å². The lowest BCUT2D eigenvalue weighted by Gasteiger charge is -2.27. The maximum Gasteiger partial charge on any atom is 0.270 e. The van der Waals surface area contributed by atoms with Crippen molar-refractivity contribution >= 4 is 24.2 Å². The van der Waals surface area contributed by atoms with E-state index in [0.717, 1.165) is 5.56 Å². The molecule has 2 aromatic rings. The standard InChI is InChI=1S/C18H19N3O3.ClH/c22-17(15-10-13-8-4-5-9-14(13)11-19-15)20-16(18(23)21-24)12-6-2-1-3-7-12;/h1-9,15-16,19,24H,10-11H2,(H,20,22)(H,21,23);1H/t15-,16-;/m0./s1. The van der Waals surface area contributed by atoms with Crippen LogP contribution >= 0.6 is 12.4 Å². The molecule has 0 spiro atoms. The third-order valence-corrected chi connectivity index (χ3v) is 4.19. The highest BCUT2D eigenvalue weighted by Crippen LogP contribution is 2.18. The Morgan fingerprint density at radius 3 is 2.36 bits per heavy atom. The molecule has 2 atom stereocenters. The van der Waals surface area contributed by atoms with E-state index in [1.54, 1.807) is 29.7 Å². The van der Waals surface area contributed by atoms with Gasteiger partial charge in [0.1, 0.15) is 6.04 Å². The first-order valence-electron chi connectivity index (χ1n) is 7.78. The molecule has 0 saturated heterocycles. The van der Waals surface area contributed by atoms with E-state index >= 15 is 0 Å². The molecule has 2 amide bonds. The van der Waals surface area contributed by atoms with Gasteiger partial charge in [0.2, 0.25) is 5.91 Å². The van der Waals surface area contributed by atoms with Crippen molar-refractivity contribution in [2.75, 3.05) is 0 Å². The summed E-state index contributed by atoms with van der Waals surface area (Å²) in [5.74, 6) is -0.951. The van der Waals surface area contributed by atoms with Gasteiger partial charge in [-0.15, -0.1) is 12.4 Å². The van der Waals surface area contributed by atoms with Gasteiger partial charge in [-0.2, -0.15) is 0 Å². The molecule has 1 aliphatic rings. The van der Waals surface area contributed by atoms with Gasteiger partial charge < -0.3 is 10.6 Å². The highest BCUT2D eigenvalue weighted by Gasteiger charge is 2.28. The van der Waals surface area contributed by atoms with Gasteiger partial charge in [0.25, 0.3) is 5.91 Å². The van der Waals surface area contributed by atoms with Crippen molar-refractivity contribution in [1.82, 2.24) is 16.1 Å². The highest BCUT2D eigenvalue weighted by atomic mass is 35.5. The Morgan fingerprint density at radius 2 is 1.68 bits per heavy atom. The molecule has 0 aliphatic carbocycles. The second-order valence-electron chi connectivity index (χ2n) is 5.73. The average Bonchev–Trinajstić information content (AvgIpc) is 2.65. The van der Waals surface area contributed by atoms with E-state index in [-0.39, 0.29) is 18.3 Å². The lowest BCUT2D eigenvalue weighted by Crippen LogP contribution is -2.50. The van der Waals surface area contributed by atoms with Gasteiger partial charge in [0, 0.05) is 6.54 Å². The number of benzene rings is 2. The van der Waals surface area contributed by atoms with Gasteiger partial charge >= 0.3 is 0 Å². The summed E-state index contributed by atoms with van der Waals surface area (Å²) in [4.78, 5) is 24.5. The second-order valence-corrected chi connectivity index (χ2v) is 5.73. The molecular weight excluding hydrogens is 342 g/mol. The van der Waals surface area contributed by atoms with Crippen LogP contribution in [0.15, 0.2) is 54.6 Å². The van der Waals surface area contributed by atoms with Crippen molar-refractivity contribution in [2.45, 2.75) is 25.0 Å². The van der Waals surface area contributed by atoms with Crippen LogP contribution in [-0.4, -0.2) is 23.1 Å². The molecule has 2 aromatic carbocycles. The zero-order chi connectivity index (χ0) is 16.9. The number of hydrogen-bond acceptors (Lipinski definition) is 4. The van der Waals surface area contributed by atoms with E-state index in [1.807, 2.05) is 30.3 Å². The summed E-state index contributed by atoms with van der Waals surface area (Å²) < 4.78 is 0. The Balaban J connectivity index is 0.00000225. The lowest BCUT2D eigenvalue weighted by molar-refractivity contribution is -0.135. The molecule has 25 heavy (non-hydrogen) atoms. The zero-order valence-corrected chi connectivity index (χ0v) is 14.3. The number of amides is 2. The SMILES string of the molecule is Cl.O=C(N[C@H](C(=O)NO)c1ccccc1)[C@@H]1Cc2ccccc2CN1. The number of carbonyl (C=O) groups excluding carboxylic acids is 2. The topological polar surface area (TPSA) is 90.5 Å². The minimum absolute atomic E-state index is 0. The number of hydroxylamine groups is 1. The second kappa shape index (κ2) is 8.62. The van der Waals surface area contributed by atoms with Crippen LogP contribution in [0.5, 0.6) is 0 Å². The fraction of sp³-hybridized carbons (Fsp3) is 0.222. The maximum atomic E-state index is 12.6. The molecular formula is C18H20ClN3O3. The summed E-state index contributed by atoms with van der Waals surface area (Å²) in [7, 11) is 0. The van der Waals surface area contributed by atoms with Crippen molar-refractivity contribution < 1.29 is 14.8 Å². The highest BCUT2D eigenvalue weighted by molar-refractivity contribution is 5.90. The Kier molecular flexibility index (Phi) is 6.52. The predicted octanol–water partition coefficient (Wildman–Crippen LogP) is 1.49. The van der Waals surface area contributed by atoms with Gasteiger partial charge in [-0.25, -0.2) is 5.48 Å². The molecule has 0 radical (unpaired) electrons. The molecule has 7 heteroatoms. The smallest absolute Gasteiger partial charge is 0.270 e. The molecule has 3 rings (SSSR count). The summed E-state index contributed by atoms with van der Waals surface area (Å²) in [5, 5.41) is 14.8. The summed E-state index contributed by atoms with van der Waals surface area (Å²) in [6.45, 7) is 0.608. The minimum atomic E-state index is -0.942. The molecule has 0 saturated carbocycles. The minimum Gasteiger partial charge on any atom is -0.339 e. The Labute approximate surface area is 152 Å². The summed E-state index contributed by atoms with van der Waals surface area (Å²) in [5.41, 5.74) is 4.52. The number of nitrogens with one attached hydrogen (secondary N) is 3. The third kappa shape index (κ3) is 4.36. The van der Waals surface area contributed by atoms with Gasteiger partial charge in [-0.3, -0.25) is 14.8 Å². The van der Waals surface area contributed by atoms with Crippen LogP contribution < -0.4 is 16.1 Å². The zero-order valence-electron chi connectivity index (χ0n) is 13.4. The fourth-order valence-corrected chi connectivity index (χ4v) is 2.89. The normalized spacial score (nSPS) is 16.8. The molecule has 1 heterocycles. The maximum absolute atomic E-state index is 12.6. The van der Waals surface area contributed by atoms with E-state index in [0.29, 0.717) is 18.5 Å². The van der Waals surface area contributed by atoms with Gasteiger partial charge in [-0.1, -0.05) is 54.6 Å². The number of rotatable bonds is 4. The van der Waals surface area contributed by atoms with Crippen molar-refractivity contribution in [2.24, 2.45) is 0 Å². The van der Waals surface area contributed by atoms with E-state index in [1.165, 1.54) is 5.56 Å². The van der Waals surface area contributed by atoms with E-state index in [4.69, 9.17) is 5.21 Å². The third-order valence-electron chi connectivity index (χ3n) is 4.19. The van der Waals surface area contributed by atoms with Gasteiger partial charge in [0.15, 0.2) is 0 Å². The largest absolute Gasteiger partial charge is 0.339 e. The Bertz CT molecular complexity index is 739. The van der Waals surface area contributed by atoms with Gasteiger partial charge in [-0.05, 0) is 23.1 Å². The van der Waals surface area contributed by atoms with E-state index in [9.17, 15) is 9.59 Å². The van der Waals surface area contributed by atoms with Crippen LogP contribution in [0.2, 0.25) is 0 Å². The molecule has 0 fully saturated rings. The van der Waals surface area contributed by atoms with Gasteiger partial charge in [0.05, 0.1) is 6.04 Å². The van der Waals surface area contributed by atoms with Crippen LogP contribution in [0, 0.1) is 0 Å². The van der Waals surface area contributed by atoms with Crippen molar-refractivity contribution in [3.05, 3.63) is 71.3 Å². The number of fused-ring (bicyclic) bond motifs is 1. The molecule has 0 aromatic heterocycles. The Hall–Kier alpha value is -2.41. The number of halogens is 1. The molecule has 0 bridgehead atoms. The van der Waals surface area contributed by atoms with Crippen LogP contribution in [0.4, 0.5) is 0 Å². The van der Waals surface area contributed by atoms with E-state index < -0.39 is 18.0 Å². The summed E-state index contributed by atoms with van der Waals surface area (Å²) in [6, 6.07) is 15.4.